The van der Waals surface area contributed by atoms with E-state index >= 15 is 0 Å². The minimum Gasteiger partial charge on any atom is -0.313 e. The van der Waals surface area contributed by atoms with Crippen molar-refractivity contribution in [1.29, 1.82) is 0 Å². The van der Waals surface area contributed by atoms with E-state index in [0.29, 0.717) is 21.5 Å². The number of likely N-dealkylation sites (N-methyl/N-ethyl adjacent to an activating group) is 1. The van der Waals surface area contributed by atoms with Gasteiger partial charge in [0.15, 0.2) is 0 Å². The Labute approximate surface area is 133 Å². The van der Waals surface area contributed by atoms with Crippen LogP contribution in [0.5, 0.6) is 0 Å². The van der Waals surface area contributed by atoms with Crippen molar-refractivity contribution in [1.82, 2.24) is 15.1 Å². The molecule has 0 aliphatic heterocycles. The molecule has 108 valence electrons. The second kappa shape index (κ2) is 6.35. The normalized spacial score (nSPS) is 12.7. The average molecular weight is 333 g/mol. The minimum absolute atomic E-state index is 0.0218. The Morgan fingerprint density at radius 2 is 1.95 bits per heavy atom. The van der Waals surface area contributed by atoms with Crippen LogP contribution in [0, 0.1) is 6.92 Å². The third-order valence-electron chi connectivity index (χ3n) is 3.36. The van der Waals surface area contributed by atoms with Crippen molar-refractivity contribution >= 4 is 34.8 Å². The summed E-state index contributed by atoms with van der Waals surface area (Å²) >= 11 is 18.7. The summed E-state index contributed by atoms with van der Waals surface area (Å²) in [7, 11) is 3.78. The highest BCUT2D eigenvalue weighted by Gasteiger charge is 2.20. The van der Waals surface area contributed by atoms with E-state index in [1.54, 1.807) is 10.7 Å². The zero-order valence-electron chi connectivity index (χ0n) is 11.5. The number of hydrogen-bond donors (Lipinski definition) is 1. The van der Waals surface area contributed by atoms with E-state index in [1.165, 1.54) is 0 Å². The van der Waals surface area contributed by atoms with Gasteiger partial charge in [-0.3, -0.25) is 4.68 Å². The van der Waals surface area contributed by atoms with Crippen molar-refractivity contribution in [3.63, 3.8) is 0 Å². The van der Waals surface area contributed by atoms with Gasteiger partial charge in [0, 0.05) is 19.5 Å². The van der Waals surface area contributed by atoms with Gasteiger partial charge in [-0.15, -0.1) is 0 Å². The summed E-state index contributed by atoms with van der Waals surface area (Å²) in [6.45, 7) is 1.90. The molecule has 0 spiro atoms. The van der Waals surface area contributed by atoms with Gasteiger partial charge in [-0.1, -0.05) is 46.9 Å². The minimum atomic E-state index is 0.0218. The summed E-state index contributed by atoms with van der Waals surface area (Å²) in [5.41, 5.74) is 2.76. The molecule has 1 aromatic carbocycles. The molecular weight excluding hydrogens is 317 g/mol. The molecule has 1 N–H and O–H groups in total. The highest BCUT2D eigenvalue weighted by molar-refractivity contribution is 6.42. The van der Waals surface area contributed by atoms with Crippen LogP contribution in [0.4, 0.5) is 0 Å². The summed E-state index contributed by atoms with van der Waals surface area (Å²) < 4.78 is 1.81. The van der Waals surface area contributed by atoms with Gasteiger partial charge in [0.1, 0.15) is 0 Å². The lowest BCUT2D eigenvalue weighted by Gasteiger charge is -2.19. The van der Waals surface area contributed by atoms with E-state index in [4.69, 9.17) is 34.8 Å². The second-order valence-electron chi connectivity index (χ2n) is 4.66. The van der Waals surface area contributed by atoms with Gasteiger partial charge in [0.05, 0.1) is 26.5 Å². The van der Waals surface area contributed by atoms with Crippen LogP contribution in [0.3, 0.4) is 0 Å². The van der Waals surface area contributed by atoms with Crippen molar-refractivity contribution in [2.24, 2.45) is 7.05 Å². The molecule has 0 aliphatic rings. The van der Waals surface area contributed by atoms with Crippen LogP contribution in [0.1, 0.15) is 23.0 Å². The lowest BCUT2D eigenvalue weighted by molar-refractivity contribution is 0.561. The molecule has 0 radical (unpaired) electrons. The van der Waals surface area contributed by atoms with Crippen LogP contribution < -0.4 is 5.32 Å². The van der Waals surface area contributed by atoms with Gasteiger partial charge in [0.25, 0.3) is 0 Å². The van der Waals surface area contributed by atoms with Crippen molar-refractivity contribution < 1.29 is 0 Å². The quantitative estimate of drug-likeness (QED) is 0.909. The summed E-state index contributed by atoms with van der Waals surface area (Å²) in [5.74, 6) is 0. The summed E-state index contributed by atoms with van der Waals surface area (Å²) in [6, 6.07) is 5.66. The van der Waals surface area contributed by atoms with Crippen LogP contribution >= 0.6 is 34.8 Å². The second-order valence-corrected chi connectivity index (χ2v) is 5.82. The van der Waals surface area contributed by atoms with E-state index in [2.05, 4.69) is 10.4 Å². The fourth-order valence-electron chi connectivity index (χ4n) is 2.25. The largest absolute Gasteiger partial charge is 0.313 e. The maximum absolute atomic E-state index is 6.30. The molecular formula is C14H16Cl3N3. The molecule has 0 bridgehead atoms. The number of hydrogen-bond acceptors (Lipinski definition) is 2. The maximum Gasteiger partial charge on any atom is 0.0847 e. The first-order valence-corrected chi connectivity index (χ1v) is 7.38. The highest BCUT2D eigenvalue weighted by Crippen LogP contribution is 2.32. The SMILES string of the molecule is CNC(Cc1c(Cl)c(C)nn1C)c1cccc(Cl)c1Cl. The van der Waals surface area contributed by atoms with Gasteiger partial charge in [-0.25, -0.2) is 0 Å². The number of nitrogens with one attached hydrogen (secondary N) is 1. The number of halogens is 3. The van der Waals surface area contributed by atoms with Crippen molar-refractivity contribution in [3.05, 3.63) is 50.2 Å². The van der Waals surface area contributed by atoms with E-state index < -0.39 is 0 Å². The van der Waals surface area contributed by atoms with Gasteiger partial charge in [-0.2, -0.15) is 5.10 Å². The number of aromatic nitrogens is 2. The Bertz CT molecular complexity index is 622. The van der Waals surface area contributed by atoms with Crippen LogP contribution in [0.25, 0.3) is 0 Å². The predicted octanol–water partition coefficient (Wildman–Crippen LogP) is 4.19. The highest BCUT2D eigenvalue weighted by atomic mass is 35.5. The zero-order chi connectivity index (χ0) is 14.9. The van der Waals surface area contributed by atoms with Crippen molar-refractivity contribution in [2.45, 2.75) is 19.4 Å². The number of benzene rings is 1. The molecule has 3 nitrogen and oxygen atoms in total. The molecule has 0 amide bonds. The van der Waals surface area contributed by atoms with Gasteiger partial charge in [-0.05, 0) is 25.6 Å². The van der Waals surface area contributed by atoms with Crippen LogP contribution in [-0.2, 0) is 13.5 Å². The first kappa shape index (κ1) is 15.6. The van der Waals surface area contributed by atoms with Crippen molar-refractivity contribution in [2.75, 3.05) is 7.05 Å². The Morgan fingerprint density at radius 1 is 1.25 bits per heavy atom. The Kier molecular flexibility index (Phi) is 4.97. The molecule has 2 aromatic rings. The Morgan fingerprint density at radius 3 is 2.50 bits per heavy atom. The van der Waals surface area contributed by atoms with E-state index in [-0.39, 0.29) is 6.04 Å². The molecule has 1 atom stereocenters. The van der Waals surface area contributed by atoms with E-state index in [0.717, 1.165) is 17.0 Å². The lowest BCUT2D eigenvalue weighted by Crippen LogP contribution is -2.20. The monoisotopic (exact) mass is 331 g/mol. The predicted molar refractivity (Wildman–Crippen MR) is 84.9 cm³/mol. The third-order valence-corrected chi connectivity index (χ3v) is 4.69. The van der Waals surface area contributed by atoms with Gasteiger partial charge >= 0.3 is 0 Å². The Balaban J connectivity index is 2.36. The first-order valence-electron chi connectivity index (χ1n) is 6.24. The number of rotatable bonds is 4. The molecule has 0 fully saturated rings. The number of nitrogens with zero attached hydrogens (tertiary/aromatic N) is 2. The van der Waals surface area contributed by atoms with Crippen LogP contribution in [0.15, 0.2) is 18.2 Å². The topological polar surface area (TPSA) is 29.9 Å². The summed E-state index contributed by atoms with van der Waals surface area (Å²) in [4.78, 5) is 0. The smallest absolute Gasteiger partial charge is 0.0847 e. The number of aryl methyl sites for hydroxylation is 2. The fraction of sp³-hybridized carbons (Fsp3) is 0.357. The molecule has 20 heavy (non-hydrogen) atoms. The molecule has 0 saturated carbocycles. The van der Waals surface area contributed by atoms with Gasteiger partial charge < -0.3 is 5.32 Å². The first-order chi connectivity index (χ1) is 9.45. The zero-order valence-corrected chi connectivity index (χ0v) is 13.8. The standard InChI is InChI=1S/C14H16Cl3N3/c1-8-13(16)12(20(3)19-8)7-11(18-2)9-5-4-6-10(15)14(9)17/h4-6,11,18H,7H2,1-3H3. The maximum atomic E-state index is 6.30. The fourth-order valence-corrected chi connectivity index (χ4v) is 2.93. The van der Waals surface area contributed by atoms with Crippen LogP contribution in [-0.4, -0.2) is 16.8 Å². The molecule has 6 heteroatoms. The third kappa shape index (κ3) is 2.96. The van der Waals surface area contributed by atoms with E-state index in [1.807, 2.05) is 33.2 Å². The molecule has 1 aromatic heterocycles. The van der Waals surface area contributed by atoms with Crippen molar-refractivity contribution in [3.8, 4) is 0 Å². The summed E-state index contributed by atoms with van der Waals surface area (Å²) in [5, 5.41) is 9.41. The lowest BCUT2D eigenvalue weighted by atomic mass is 10.0. The molecule has 1 heterocycles. The Hall–Kier alpha value is -0.740. The molecule has 2 rings (SSSR count). The average Bonchev–Trinajstić information content (AvgIpc) is 2.65. The molecule has 0 saturated heterocycles. The van der Waals surface area contributed by atoms with E-state index in [9.17, 15) is 0 Å². The molecule has 1 unspecified atom stereocenters. The molecule has 0 aliphatic carbocycles. The summed E-state index contributed by atoms with van der Waals surface area (Å²) in [6.07, 6.45) is 0.687. The van der Waals surface area contributed by atoms with Gasteiger partial charge in [0.2, 0.25) is 0 Å². The van der Waals surface area contributed by atoms with Crippen LogP contribution in [0.2, 0.25) is 15.1 Å².